The minimum absolute atomic E-state index is 0.0306. The van der Waals surface area contributed by atoms with Crippen LogP contribution in [0, 0.1) is 10.1 Å². The Labute approximate surface area is 87.8 Å². The second-order valence-electron chi connectivity index (χ2n) is 4.17. The Bertz CT molecular complexity index is 369. The molecule has 0 heterocycles. The van der Waals surface area contributed by atoms with E-state index in [-0.39, 0.29) is 11.1 Å². The highest BCUT2D eigenvalue weighted by Gasteiger charge is 2.19. The summed E-state index contributed by atoms with van der Waals surface area (Å²) in [5.74, 6) is 0. The highest BCUT2D eigenvalue weighted by molar-refractivity contribution is 6.31. The third-order valence-electron chi connectivity index (χ3n) is 1.97. The van der Waals surface area contributed by atoms with Crippen LogP contribution in [-0.4, -0.2) is 4.92 Å². The van der Waals surface area contributed by atoms with Crippen molar-refractivity contribution in [1.29, 1.82) is 0 Å². The number of rotatable bonds is 1. The summed E-state index contributed by atoms with van der Waals surface area (Å²) < 4.78 is 0. The number of halogens is 1. The van der Waals surface area contributed by atoms with Gasteiger partial charge in [-0.2, -0.15) is 0 Å². The van der Waals surface area contributed by atoms with E-state index in [2.05, 4.69) is 0 Å². The lowest BCUT2D eigenvalue weighted by Gasteiger charge is -2.19. The summed E-state index contributed by atoms with van der Waals surface area (Å²) in [5, 5.41) is 10.9. The summed E-state index contributed by atoms with van der Waals surface area (Å²) in [5.41, 5.74) is 0.861. The van der Waals surface area contributed by atoms with Crippen LogP contribution in [0.4, 0.5) is 5.69 Å². The topological polar surface area (TPSA) is 43.1 Å². The molecule has 76 valence electrons. The third kappa shape index (κ3) is 2.23. The van der Waals surface area contributed by atoms with Gasteiger partial charge in [0, 0.05) is 12.1 Å². The molecule has 14 heavy (non-hydrogen) atoms. The molecule has 1 aromatic rings. The van der Waals surface area contributed by atoms with E-state index >= 15 is 0 Å². The molecule has 0 atom stereocenters. The normalized spacial score (nSPS) is 11.4. The zero-order valence-corrected chi connectivity index (χ0v) is 9.13. The monoisotopic (exact) mass is 213 g/mol. The predicted octanol–water partition coefficient (Wildman–Crippen LogP) is 3.55. The number of hydrogen-bond donors (Lipinski definition) is 0. The fourth-order valence-electron chi connectivity index (χ4n) is 1.23. The van der Waals surface area contributed by atoms with Crippen LogP contribution >= 0.6 is 11.6 Å². The van der Waals surface area contributed by atoms with Crippen molar-refractivity contribution < 1.29 is 4.92 Å². The van der Waals surface area contributed by atoms with Crippen molar-refractivity contribution >= 4 is 17.3 Å². The second-order valence-corrected chi connectivity index (χ2v) is 4.58. The summed E-state index contributed by atoms with van der Waals surface area (Å²) in [7, 11) is 0. The molecule has 0 fully saturated rings. The molecule has 0 aliphatic heterocycles. The molecule has 0 amide bonds. The molecule has 4 heteroatoms. The molecule has 0 N–H and O–H groups in total. The Kier molecular flexibility index (Phi) is 2.81. The fraction of sp³-hybridized carbons (Fsp3) is 0.400. The van der Waals surface area contributed by atoms with Crippen LogP contribution < -0.4 is 0 Å². The van der Waals surface area contributed by atoms with Crippen LogP contribution in [-0.2, 0) is 5.41 Å². The van der Waals surface area contributed by atoms with Gasteiger partial charge in [-0.25, -0.2) is 0 Å². The van der Waals surface area contributed by atoms with Gasteiger partial charge in [0.05, 0.1) is 9.95 Å². The van der Waals surface area contributed by atoms with Crippen LogP contribution in [0.3, 0.4) is 0 Å². The van der Waals surface area contributed by atoms with Crippen LogP contribution in [0.25, 0.3) is 0 Å². The van der Waals surface area contributed by atoms with Crippen molar-refractivity contribution in [3.63, 3.8) is 0 Å². The van der Waals surface area contributed by atoms with Crippen molar-refractivity contribution in [2.24, 2.45) is 0 Å². The van der Waals surface area contributed by atoms with Crippen molar-refractivity contribution in [2.75, 3.05) is 0 Å². The molecule has 3 nitrogen and oxygen atoms in total. The molecule has 1 aromatic carbocycles. The first kappa shape index (κ1) is 11.0. The standard InChI is InChI=1S/C10H12ClNO2/c1-10(2,3)8-5-4-7(12(13)14)6-9(8)11/h4-6H,1-3H3. The van der Waals surface area contributed by atoms with E-state index < -0.39 is 4.92 Å². The first-order valence-electron chi connectivity index (χ1n) is 4.27. The number of nitro benzene ring substituents is 1. The molecule has 0 aliphatic carbocycles. The average Bonchev–Trinajstić information content (AvgIpc) is 2.01. The van der Waals surface area contributed by atoms with E-state index in [1.54, 1.807) is 6.07 Å². The summed E-state index contributed by atoms with van der Waals surface area (Å²) in [6, 6.07) is 4.58. The van der Waals surface area contributed by atoms with E-state index in [9.17, 15) is 10.1 Å². The molecule has 0 aliphatic rings. The smallest absolute Gasteiger partial charge is 0.258 e. The van der Waals surface area contributed by atoms with E-state index in [0.717, 1.165) is 5.56 Å². The molecule has 0 bridgehead atoms. The fourth-order valence-corrected chi connectivity index (χ4v) is 1.68. The minimum Gasteiger partial charge on any atom is -0.258 e. The van der Waals surface area contributed by atoms with Gasteiger partial charge in [0.25, 0.3) is 5.69 Å². The van der Waals surface area contributed by atoms with E-state index in [0.29, 0.717) is 5.02 Å². The van der Waals surface area contributed by atoms with Gasteiger partial charge in [-0.1, -0.05) is 38.4 Å². The van der Waals surface area contributed by atoms with Crippen molar-refractivity contribution in [3.05, 3.63) is 38.9 Å². The lowest BCUT2D eigenvalue weighted by Crippen LogP contribution is -2.11. The predicted molar refractivity (Wildman–Crippen MR) is 56.8 cm³/mol. The number of benzene rings is 1. The number of non-ortho nitro benzene ring substituents is 1. The average molecular weight is 214 g/mol. The van der Waals surface area contributed by atoms with Crippen LogP contribution in [0.1, 0.15) is 26.3 Å². The SMILES string of the molecule is CC(C)(C)c1ccc([N+](=O)[O-])cc1Cl. The van der Waals surface area contributed by atoms with Crippen molar-refractivity contribution in [1.82, 2.24) is 0 Å². The van der Waals surface area contributed by atoms with Crippen LogP contribution in [0.2, 0.25) is 5.02 Å². The van der Waals surface area contributed by atoms with E-state index in [4.69, 9.17) is 11.6 Å². The van der Waals surface area contributed by atoms with Crippen molar-refractivity contribution in [2.45, 2.75) is 26.2 Å². The first-order valence-corrected chi connectivity index (χ1v) is 4.64. The summed E-state index contributed by atoms with van der Waals surface area (Å²) in [6.07, 6.45) is 0. The van der Waals surface area contributed by atoms with E-state index in [1.165, 1.54) is 12.1 Å². The van der Waals surface area contributed by atoms with Gasteiger partial charge in [-0.3, -0.25) is 10.1 Å². The van der Waals surface area contributed by atoms with Gasteiger partial charge < -0.3 is 0 Å². The van der Waals surface area contributed by atoms with Gasteiger partial charge >= 0.3 is 0 Å². The summed E-state index contributed by atoms with van der Waals surface area (Å²) in [6.45, 7) is 6.04. The molecular weight excluding hydrogens is 202 g/mol. The molecule has 0 unspecified atom stereocenters. The van der Waals surface area contributed by atoms with Crippen LogP contribution in [0.15, 0.2) is 18.2 Å². The molecule has 1 rings (SSSR count). The Balaban J connectivity index is 3.21. The molecule has 0 aromatic heterocycles. The lowest BCUT2D eigenvalue weighted by molar-refractivity contribution is -0.384. The third-order valence-corrected chi connectivity index (χ3v) is 2.28. The zero-order valence-electron chi connectivity index (χ0n) is 8.37. The Morgan fingerprint density at radius 3 is 2.29 bits per heavy atom. The lowest BCUT2D eigenvalue weighted by atomic mass is 9.87. The first-order chi connectivity index (χ1) is 6.32. The Hall–Kier alpha value is -1.09. The minimum atomic E-state index is -0.446. The molecule has 0 spiro atoms. The maximum Gasteiger partial charge on any atom is 0.270 e. The van der Waals surface area contributed by atoms with Gasteiger partial charge in [-0.15, -0.1) is 0 Å². The highest BCUT2D eigenvalue weighted by Crippen LogP contribution is 2.31. The second kappa shape index (κ2) is 3.58. The number of hydrogen-bond acceptors (Lipinski definition) is 2. The highest BCUT2D eigenvalue weighted by atomic mass is 35.5. The maximum atomic E-state index is 10.5. The summed E-state index contributed by atoms with van der Waals surface area (Å²) in [4.78, 5) is 10.0. The van der Waals surface area contributed by atoms with Gasteiger partial charge in [0.15, 0.2) is 0 Å². The Morgan fingerprint density at radius 2 is 1.93 bits per heavy atom. The molecule has 0 saturated heterocycles. The molecule has 0 radical (unpaired) electrons. The number of nitro groups is 1. The summed E-state index contributed by atoms with van der Waals surface area (Å²) >= 11 is 5.95. The largest absolute Gasteiger partial charge is 0.270 e. The maximum absolute atomic E-state index is 10.5. The van der Waals surface area contributed by atoms with Crippen LogP contribution in [0.5, 0.6) is 0 Å². The Morgan fingerprint density at radius 1 is 1.36 bits per heavy atom. The quantitative estimate of drug-likeness (QED) is 0.529. The van der Waals surface area contributed by atoms with Crippen molar-refractivity contribution in [3.8, 4) is 0 Å². The van der Waals surface area contributed by atoms with Gasteiger partial charge in [0.2, 0.25) is 0 Å². The van der Waals surface area contributed by atoms with Gasteiger partial charge in [0.1, 0.15) is 0 Å². The van der Waals surface area contributed by atoms with E-state index in [1.807, 2.05) is 20.8 Å². The zero-order chi connectivity index (χ0) is 10.9. The molecular formula is C10H12ClNO2. The van der Waals surface area contributed by atoms with Gasteiger partial charge in [-0.05, 0) is 11.0 Å². The number of nitrogens with zero attached hydrogens (tertiary/aromatic N) is 1. The molecule has 0 saturated carbocycles.